The van der Waals surface area contributed by atoms with E-state index in [9.17, 15) is 5.26 Å². The first-order valence-corrected chi connectivity index (χ1v) is 7.91. The van der Waals surface area contributed by atoms with Crippen LogP contribution in [0.1, 0.15) is 23.1 Å². The summed E-state index contributed by atoms with van der Waals surface area (Å²) >= 11 is 0. The van der Waals surface area contributed by atoms with Crippen molar-refractivity contribution in [3.05, 3.63) is 108 Å². The van der Waals surface area contributed by atoms with E-state index in [0.717, 1.165) is 16.7 Å². The van der Waals surface area contributed by atoms with Crippen molar-refractivity contribution < 1.29 is 0 Å². The number of nitrogens with zero attached hydrogens (tertiary/aromatic N) is 1. The van der Waals surface area contributed by atoms with Gasteiger partial charge in [0.05, 0.1) is 6.07 Å². The first kappa shape index (κ1) is 15.6. The normalized spacial score (nSPS) is 10.3. The maximum atomic E-state index is 10.1. The largest absolute Gasteiger partial charge is 0.197 e. The molecular formula is C23H17N. The van der Waals surface area contributed by atoms with Crippen molar-refractivity contribution >= 4 is 0 Å². The highest BCUT2D eigenvalue weighted by Gasteiger charge is 2.33. The van der Waals surface area contributed by atoms with Crippen LogP contribution < -0.4 is 0 Å². The number of rotatable bonds is 3. The Kier molecular flexibility index (Phi) is 4.76. The van der Waals surface area contributed by atoms with Gasteiger partial charge >= 0.3 is 0 Å². The van der Waals surface area contributed by atoms with Crippen molar-refractivity contribution in [1.82, 2.24) is 0 Å². The molecule has 3 aromatic carbocycles. The summed E-state index contributed by atoms with van der Waals surface area (Å²) in [5.41, 5.74) is 2.15. The summed E-state index contributed by atoms with van der Waals surface area (Å²) in [7, 11) is 0. The van der Waals surface area contributed by atoms with Crippen LogP contribution in [0.25, 0.3) is 0 Å². The molecule has 0 saturated heterocycles. The SMILES string of the molecule is N#CC(CC#Cc1ccccc1)(c1ccccc1)c1ccccc1. The molecule has 0 atom stereocenters. The van der Waals surface area contributed by atoms with Crippen molar-refractivity contribution in [2.45, 2.75) is 11.8 Å². The lowest BCUT2D eigenvalue weighted by Gasteiger charge is -2.25. The van der Waals surface area contributed by atoms with E-state index < -0.39 is 5.41 Å². The minimum Gasteiger partial charge on any atom is -0.197 e. The number of hydrogen-bond acceptors (Lipinski definition) is 1. The molecule has 0 fully saturated rings. The van der Waals surface area contributed by atoms with Crippen LogP contribution in [0, 0.1) is 23.2 Å². The molecule has 0 saturated carbocycles. The molecule has 0 bridgehead atoms. The van der Waals surface area contributed by atoms with Crippen LogP contribution in [-0.2, 0) is 5.41 Å². The third-order valence-corrected chi connectivity index (χ3v) is 4.08. The summed E-state index contributed by atoms with van der Waals surface area (Å²) in [6.07, 6.45) is 0.451. The van der Waals surface area contributed by atoms with Crippen molar-refractivity contribution in [2.75, 3.05) is 0 Å². The second kappa shape index (κ2) is 7.32. The Morgan fingerprint density at radius 1 is 0.667 bits per heavy atom. The van der Waals surface area contributed by atoms with Gasteiger partial charge in [-0.05, 0) is 23.3 Å². The van der Waals surface area contributed by atoms with Crippen LogP contribution in [0.4, 0.5) is 0 Å². The van der Waals surface area contributed by atoms with Gasteiger partial charge in [0.25, 0.3) is 0 Å². The summed E-state index contributed by atoms with van der Waals surface area (Å²) in [5, 5.41) is 10.1. The Hall–Kier alpha value is -3.29. The summed E-state index contributed by atoms with van der Waals surface area (Å²) in [6, 6.07) is 32.2. The van der Waals surface area contributed by atoms with Gasteiger partial charge in [-0.2, -0.15) is 5.26 Å². The summed E-state index contributed by atoms with van der Waals surface area (Å²) in [6.45, 7) is 0. The fraction of sp³-hybridized carbons (Fsp3) is 0.0870. The average molecular weight is 307 g/mol. The van der Waals surface area contributed by atoms with E-state index in [1.165, 1.54) is 0 Å². The Morgan fingerprint density at radius 2 is 1.12 bits per heavy atom. The second-order valence-corrected chi connectivity index (χ2v) is 5.59. The molecule has 0 amide bonds. The van der Waals surface area contributed by atoms with Gasteiger partial charge in [0.15, 0.2) is 0 Å². The van der Waals surface area contributed by atoms with E-state index in [2.05, 4.69) is 17.9 Å². The van der Waals surface area contributed by atoms with E-state index in [-0.39, 0.29) is 0 Å². The molecule has 3 rings (SSSR count). The van der Waals surface area contributed by atoms with E-state index in [0.29, 0.717) is 6.42 Å². The Balaban J connectivity index is 2.03. The van der Waals surface area contributed by atoms with E-state index >= 15 is 0 Å². The molecule has 0 aliphatic heterocycles. The van der Waals surface area contributed by atoms with Gasteiger partial charge in [0.1, 0.15) is 5.41 Å². The molecule has 0 aliphatic carbocycles. The van der Waals surface area contributed by atoms with Gasteiger partial charge in [-0.15, -0.1) is 0 Å². The fourth-order valence-electron chi connectivity index (χ4n) is 2.79. The molecule has 0 aromatic heterocycles. The molecule has 0 N–H and O–H groups in total. The number of hydrogen-bond donors (Lipinski definition) is 0. The highest BCUT2D eigenvalue weighted by Crippen LogP contribution is 2.34. The van der Waals surface area contributed by atoms with Gasteiger partial charge < -0.3 is 0 Å². The monoisotopic (exact) mass is 307 g/mol. The summed E-state index contributed by atoms with van der Waals surface area (Å²) in [5.74, 6) is 6.39. The third kappa shape index (κ3) is 3.22. The van der Waals surface area contributed by atoms with Crippen LogP contribution in [0.15, 0.2) is 91.0 Å². The van der Waals surface area contributed by atoms with Gasteiger partial charge in [0, 0.05) is 12.0 Å². The molecule has 1 heteroatoms. The van der Waals surface area contributed by atoms with Crippen molar-refractivity contribution in [3.8, 4) is 17.9 Å². The second-order valence-electron chi connectivity index (χ2n) is 5.59. The number of benzene rings is 3. The van der Waals surface area contributed by atoms with E-state index in [1.807, 2.05) is 91.0 Å². The standard InChI is InChI=1S/C23H17N/c24-19-23(21-14-6-2-7-15-21,22-16-8-3-9-17-22)18-10-13-20-11-4-1-5-12-20/h1-9,11-12,14-17H,18H2. The van der Waals surface area contributed by atoms with Gasteiger partial charge in [-0.3, -0.25) is 0 Å². The van der Waals surface area contributed by atoms with Crippen LogP contribution in [0.2, 0.25) is 0 Å². The Labute approximate surface area is 143 Å². The van der Waals surface area contributed by atoms with Crippen LogP contribution in [0.5, 0.6) is 0 Å². The van der Waals surface area contributed by atoms with Crippen molar-refractivity contribution in [1.29, 1.82) is 5.26 Å². The molecule has 114 valence electrons. The zero-order valence-corrected chi connectivity index (χ0v) is 13.3. The Bertz CT molecular complexity index is 839. The molecule has 0 aliphatic rings. The zero-order chi connectivity index (χ0) is 16.7. The third-order valence-electron chi connectivity index (χ3n) is 4.08. The fourth-order valence-corrected chi connectivity index (χ4v) is 2.79. The first-order valence-electron chi connectivity index (χ1n) is 7.91. The van der Waals surface area contributed by atoms with E-state index in [4.69, 9.17) is 0 Å². The summed E-state index contributed by atoms with van der Waals surface area (Å²) < 4.78 is 0. The van der Waals surface area contributed by atoms with Crippen molar-refractivity contribution in [2.24, 2.45) is 0 Å². The quantitative estimate of drug-likeness (QED) is 0.629. The highest BCUT2D eigenvalue weighted by molar-refractivity contribution is 5.48. The van der Waals surface area contributed by atoms with Crippen LogP contribution in [0.3, 0.4) is 0 Å². The molecular weight excluding hydrogens is 290 g/mol. The minimum absolute atomic E-state index is 0.451. The molecule has 24 heavy (non-hydrogen) atoms. The molecule has 0 spiro atoms. The topological polar surface area (TPSA) is 23.8 Å². The Morgan fingerprint density at radius 3 is 1.58 bits per heavy atom. The van der Waals surface area contributed by atoms with E-state index in [1.54, 1.807) is 0 Å². The molecule has 3 aromatic rings. The predicted octanol–water partition coefficient (Wildman–Crippen LogP) is 4.94. The summed E-state index contributed by atoms with van der Waals surface area (Å²) in [4.78, 5) is 0. The van der Waals surface area contributed by atoms with Crippen LogP contribution >= 0.6 is 0 Å². The maximum Gasteiger partial charge on any atom is 0.118 e. The number of nitriles is 1. The zero-order valence-electron chi connectivity index (χ0n) is 13.3. The average Bonchev–Trinajstić information content (AvgIpc) is 2.68. The van der Waals surface area contributed by atoms with Gasteiger partial charge in [0.2, 0.25) is 0 Å². The predicted molar refractivity (Wildman–Crippen MR) is 97.2 cm³/mol. The van der Waals surface area contributed by atoms with Crippen LogP contribution in [-0.4, -0.2) is 0 Å². The van der Waals surface area contributed by atoms with Crippen molar-refractivity contribution in [3.63, 3.8) is 0 Å². The molecule has 0 unspecified atom stereocenters. The van der Waals surface area contributed by atoms with Gasteiger partial charge in [-0.1, -0.05) is 90.7 Å². The smallest absolute Gasteiger partial charge is 0.118 e. The first-order chi connectivity index (χ1) is 11.8. The maximum absolute atomic E-state index is 10.1. The lowest BCUT2D eigenvalue weighted by molar-refractivity contribution is 0.681. The van der Waals surface area contributed by atoms with Gasteiger partial charge in [-0.25, -0.2) is 0 Å². The lowest BCUT2D eigenvalue weighted by atomic mass is 9.73. The lowest BCUT2D eigenvalue weighted by Crippen LogP contribution is -2.25. The molecule has 0 heterocycles. The molecule has 1 nitrogen and oxygen atoms in total. The minimum atomic E-state index is -0.760. The highest BCUT2D eigenvalue weighted by atomic mass is 14.4. The molecule has 0 radical (unpaired) electrons.